The minimum atomic E-state index is -0.450. The van der Waals surface area contributed by atoms with Gasteiger partial charge in [0.25, 0.3) is 17.5 Å². The number of nitro benzene ring substituents is 1. The second-order valence-electron chi connectivity index (χ2n) is 13.9. The summed E-state index contributed by atoms with van der Waals surface area (Å²) in [6.07, 6.45) is 3.25. The highest BCUT2D eigenvalue weighted by molar-refractivity contribution is 6.15. The van der Waals surface area contributed by atoms with Crippen molar-refractivity contribution in [1.82, 2.24) is 0 Å². The van der Waals surface area contributed by atoms with E-state index in [1.165, 1.54) is 19.2 Å². The Morgan fingerprint density at radius 3 is 2.16 bits per heavy atom. The highest BCUT2D eigenvalue weighted by atomic mass is 16.6. The molecule has 5 aromatic carbocycles. The molecule has 0 unspecified atom stereocenters. The number of aryl methyl sites for hydroxylation is 1. The number of nitrogens with zero attached hydrogens (tertiary/aromatic N) is 4. The van der Waals surface area contributed by atoms with Crippen LogP contribution >= 0.6 is 0 Å². The average molecular weight is 738 g/mol. The summed E-state index contributed by atoms with van der Waals surface area (Å²) in [5.41, 5.74) is 7.95. The molecule has 0 fully saturated rings. The van der Waals surface area contributed by atoms with Crippen LogP contribution in [0.4, 0.5) is 28.4 Å². The lowest BCUT2D eigenvalue weighted by molar-refractivity contribution is -0.385. The third kappa shape index (κ3) is 6.19. The van der Waals surface area contributed by atoms with E-state index in [4.69, 9.17) is 14.2 Å². The maximum absolute atomic E-state index is 13.8. The molecule has 0 saturated heterocycles. The molecule has 4 aliphatic rings. The van der Waals surface area contributed by atoms with Gasteiger partial charge in [-0.2, -0.15) is 0 Å². The summed E-state index contributed by atoms with van der Waals surface area (Å²) in [6, 6.07) is 27.4. The molecule has 1 N–H and O–H groups in total. The second kappa shape index (κ2) is 13.9. The number of carbonyl (C=O) groups excluding carboxylic acids is 2. The molecule has 2 amide bonds. The summed E-state index contributed by atoms with van der Waals surface area (Å²) in [5, 5.41) is 15.4. The van der Waals surface area contributed by atoms with Gasteiger partial charge in [0, 0.05) is 54.8 Å². The number of nitrogens with one attached hydrogen (secondary N) is 1. The minimum Gasteiger partial charge on any atom is -0.493 e. The first-order valence-electron chi connectivity index (χ1n) is 17.8. The average Bonchev–Trinajstić information content (AvgIpc) is 3.67. The molecule has 55 heavy (non-hydrogen) atoms. The van der Waals surface area contributed by atoms with E-state index in [9.17, 15) is 19.7 Å². The zero-order chi connectivity index (χ0) is 37.1. The lowest BCUT2D eigenvalue weighted by atomic mass is 10.1. The van der Waals surface area contributed by atoms with E-state index >= 15 is 0 Å². The summed E-state index contributed by atoms with van der Waals surface area (Å²) < 4.78 is 18.1. The minimum absolute atomic E-state index is 0. The van der Waals surface area contributed by atoms with Gasteiger partial charge in [-0.3, -0.25) is 29.6 Å². The van der Waals surface area contributed by atoms with Crippen molar-refractivity contribution in [2.24, 2.45) is 4.99 Å². The standard InChI is InChI=1S/C42H35N5O7.CH4/c1-24-11-32-34(43-20-30-15-27-7-3-5-9-36(27)45(30)41(32)48)18-38(24)53-22-25-12-26(14-29(13-25)47(50)51)23-54-40-19-35-33(17-39(40)52-2)42(49)46-31(21-44-35)16-28-8-4-6-10-37(28)46;/h3-14,17-19,21,30-31,43H,15-16,20,22-23H2,1-2H3;1H4/t30-,31-;/m0./s1. The van der Waals surface area contributed by atoms with Crippen molar-refractivity contribution in [3.63, 3.8) is 0 Å². The van der Waals surface area contributed by atoms with Crippen LogP contribution < -0.4 is 29.3 Å². The Morgan fingerprint density at radius 1 is 0.800 bits per heavy atom. The van der Waals surface area contributed by atoms with Crippen molar-refractivity contribution in [2.75, 3.05) is 28.8 Å². The summed E-state index contributed by atoms with van der Waals surface area (Å²) in [4.78, 5) is 47.4. The van der Waals surface area contributed by atoms with Gasteiger partial charge in [-0.1, -0.05) is 43.8 Å². The van der Waals surface area contributed by atoms with Crippen molar-refractivity contribution in [1.29, 1.82) is 0 Å². The summed E-state index contributed by atoms with van der Waals surface area (Å²) in [7, 11) is 1.49. The quantitative estimate of drug-likeness (QED) is 0.125. The molecule has 4 aliphatic heterocycles. The number of hydrogen-bond acceptors (Lipinski definition) is 9. The van der Waals surface area contributed by atoms with Crippen LogP contribution in [0.1, 0.15) is 56.0 Å². The van der Waals surface area contributed by atoms with E-state index in [-0.39, 0.29) is 50.2 Å². The predicted molar refractivity (Wildman–Crippen MR) is 211 cm³/mol. The van der Waals surface area contributed by atoms with E-state index in [0.29, 0.717) is 63.8 Å². The molecule has 0 radical (unpaired) electrons. The lowest BCUT2D eigenvalue weighted by Gasteiger charge is -2.22. The van der Waals surface area contributed by atoms with Crippen LogP contribution in [0.5, 0.6) is 17.2 Å². The molecule has 0 aromatic heterocycles. The van der Waals surface area contributed by atoms with E-state index in [2.05, 4.69) is 16.4 Å². The fourth-order valence-electron chi connectivity index (χ4n) is 7.95. The molecule has 0 spiro atoms. The number of methoxy groups -OCH3 is 1. The van der Waals surface area contributed by atoms with E-state index in [1.807, 2.05) is 66.4 Å². The number of non-ortho nitro benzene ring substituents is 1. The fourth-order valence-corrected chi connectivity index (χ4v) is 7.95. The van der Waals surface area contributed by atoms with Crippen molar-refractivity contribution in [2.45, 2.75) is 52.5 Å². The van der Waals surface area contributed by atoms with Gasteiger partial charge in [-0.05, 0) is 71.5 Å². The highest BCUT2D eigenvalue weighted by Gasteiger charge is 2.38. The Bertz CT molecular complexity index is 2430. The number of amides is 2. The molecule has 12 nitrogen and oxygen atoms in total. The van der Waals surface area contributed by atoms with Gasteiger partial charge in [0.15, 0.2) is 11.5 Å². The number of aliphatic imine (C=N–C) groups is 1. The topological polar surface area (TPSA) is 136 Å². The number of para-hydroxylation sites is 2. The molecular weight excluding hydrogens is 699 g/mol. The van der Waals surface area contributed by atoms with Crippen LogP contribution in [0, 0.1) is 17.0 Å². The Labute approximate surface area is 318 Å². The largest absolute Gasteiger partial charge is 0.493 e. The Balaban J connectivity index is 0.00000427. The van der Waals surface area contributed by atoms with Crippen molar-refractivity contribution in [3.8, 4) is 17.2 Å². The van der Waals surface area contributed by atoms with Gasteiger partial charge in [0.2, 0.25) is 0 Å². The van der Waals surface area contributed by atoms with Gasteiger partial charge in [-0.15, -0.1) is 0 Å². The molecule has 5 aromatic rings. The van der Waals surface area contributed by atoms with E-state index < -0.39 is 4.92 Å². The number of carbonyl (C=O) groups is 2. The highest BCUT2D eigenvalue weighted by Crippen LogP contribution is 2.42. The number of fused-ring (bicyclic) bond motifs is 8. The normalized spacial score (nSPS) is 17.3. The Kier molecular flexibility index (Phi) is 8.96. The zero-order valence-corrected chi connectivity index (χ0v) is 29.6. The van der Waals surface area contributed by atoms with E-state index in [1.54, 1.807) is 29.3 Å². The monoisotopic (exact) mass is 737 g/mol. The number of hydrogen-bond donors (Lipinski definition) is 1. The van der Waals surface area contributed by atoms with E-state index in [0.717, 1.165) is 34.5 Å². The number of benzene rings is 5. The first-order chi connectivity index (χ1) is 26.2. The molecule has 0 aliphatic carbocycles. The zero-order valence-electron chi connectivity index (χ0n) is 29.6. The lowest BCUT2D eigenvalue weighted by Crippen LogP contribution is -2.39. The maximum Gasteiger partial charge on any atom is 0.270 e. The van der Waals surface area contributed by atoms with Gasteiger partial charge in [0.1, 0.15) is 19.0 Å². The maximum atomic E-state index is 13.8. The molecule has 4 heterocycles. The molecule has 0 saturated carbocycles. The first kappa shape index (κ1) is 35.3. The summed E-state index contributed by atoms with van der Waals surface area (Å²) in [6.45, 7) is 2.50. The summed E-state index contributed by atoms with van der Waals surface area (Å²) in [5.74, 6) is 1.02. The van der Waals surface area contributed by atoms with Crippen LogP contribution in [0.2, 0.25) is 0 Å². The van der Waals surface area contributed by atoms with Crippen molar-refractivity contribution >= 4 is 46.5 Å². The second-order valence-corrected chi connectivity index (χ2v) is 13.9. The molecule has 9 rings (SSSR count). The van der Waals surface area contributed by atoms with Gasteiger partial charge < -0.3 is 24.4 Å². The smallest absolute Gasteiger partial charge is 0.270 e. The predicted octanol–water partition coefficient (Wildman–Crippen LogP) is 7.99. The van der Waals surface area contributed by atoms with Crippen molar-refractivity contribution in [3.05, 3.63) is 140 Å². The number of nitro groups is 1. The molecule has 0 bridgehead atoms. The number of rotatable bonds is 8. The van der Waals surface area contributed by atoms with Crippen LogP contribution in [-0.2, 0) is 26.1 Å². The van der Waals surface area contributed by atoms with Gasteiger partial charge >= 0.3 is 0 Å². The molecular formula is C43H39N5O7. The molecule has 2 atom stereocenters. The Hall–Kier alpha value is -6.69. The van der Waals surface area contributed by atoms with Crippen LogP contribution in [0.3, 0.4) is 0 Å². The fraction of sp³-hybridized carbons (Fsp3) is 0.233. The molecule has 12 heteroatoms. The number of anilines is 3. The Morgan fingerprint density at radius 2 is 1.45 bits per heavy atom. The first-order valence-corrected chi connectivity index (χ1v) is 17.8. The third-order valence-electron chi connectivity index (χ3n) is 10.5. The van der Waals surface area contributed by atoms with Crippen LogP contribution in [-0.4, -0.2) is 48.7 Å². The third-order valence-corrected chi connectivity index (χ3v) is 10.5. The van der Waals surface area contributed by atoms with Gasteiger partial charge in [-0.25, -0.2) is 0 Å². The molecule has 278 valence electrons. The van der Waals surface area contributed by atoms with Crippen LogP contribution in [0.25, 0.3) is 0 Å². The summed E-state index contributed by atoms with van der Waals surface area (Å²) >= 11 is 0. The SMILES string of the molecule is C.COc1cc2c(cc1OCc1cc(COc3cc4c(cc3C)C(=O)N3c5ccccc5C[C@H]3CN4)cc([N+](=O)[O-])c1)N=C[C@@H]1Cc3ccccc3N1C2=O. The van der Waals surface area contributed by atoms with Crippen LogP contribution in [0.15, 0.2) is 96.0 Å². The van der Waals surface area contributed by atoms with Crippen molar-refractivity contribution < 1.29 is 28.7 Å². The number of ether oxygens (including phenoxy) is 3. The van der Waals surface area contributed by atoms with Gasteiger partial charge in [0.05, 0.1) is 46.6 Å².